The molecule has 112 valence electrons. The summed E-state index contributed by atoms with van der Waals surface area (Å²) < 4.78 is 4.85. The van der Waals surface area contributed by atoms with Crippen molar-refractivity contribution in [2.24, 2.45) is 5.92 Å². The van der Waals surface area contributed by atoms with E-state index in [9.17, 15) is 4.79 Å². The van der Waals surface area contributed by atoms with Crippen LogP contribution in [-0.2, 0) is 9.53 Å². The SMILES string of the molecule is CCCCCCCCCN1CCCC(C(=O)OC)C1. The van der Waals surface area contributed by atoms with Crippen molar-refractivity contribution in [3.05, 3.63) is 0 Å². The van der Waals surface area contributed by atoms with Gasteiger partial charge in [-0.3, -0.25) is 4.79 Å². The Hall–Kier alpha value is -0.570. The van der Waals surface area contributed by atoms with E-state index in [4.69, 9.17) is 4.74 Å². The Labute approximate surface area is 118 Å². The number of rotatable bonds is 9. The highest BCUT2D eigenvalue weighted by molar-refractivity contribution is 5.72. The van der Waals surface area contributed by atoms with Gasteiger partial charge in [-0.15, -0.1) is 0 Å². The van der Waals surface area contributed by atoms with E-state index in [1.807, 2.05) is 0 Å². The maximum absolute atomic E-state index is 11.5. The molecule has 1 atom stereocenters. The van der Waals surface area contributed by atoms with Gasteiger partial charge in [0, 0.05) is 6.54 Å². The third-order valence-electron chi connectivity index (χ3n) is 4.12. The van der Waals surface area contributed by atoms with E-state index in [0.717, 1.165) is 32.5 Å². The molecule has 0 N–H and O–H groups in total. The Morgan fingerprint density at radius 2 is 1.84 bits per heavy atom. The van der Waals surface area contributed by atoms with Crippen LogP contribution < -0.4 is 0 Å². The maximum Gasteiger partial charge on any atom is 0.309 e. The highest BCUT2D eigenvalue weighted by Crippen LogP contribution is 2.18. The second-order valence-corrected chi connectivity index (χ2v) is 5.78. The molecule has 0 saturated carbocycles. The summed E-state index contributed by atoms with van der Waals surface area (Å²) in [5, 5.41) is 0. The molecule has 0 bridgehead atoms. The van der Waals surface area contributed by atoms with Gasteiger partial charge in [0.2, 0.25) is 0 Å². The van der Waals surface area contributed by atoms with Crippen molar-refractivity contribution >= 4 is 5.97 Å². The van der Waals surface area contributed by atoms with Crippen molar-refractivity contribution in [2.45, 2.75) is 64.7 Å². The van der Waals surface area contributed by atoms with E-state index >= 15 is 0 Å². The maximum atomic E-state index is 11.5. The lowest BCUT2D eigenvalue weighted by Gasteiger charge is -2.31. The molecule has 0 aromatic carbocycles. The Morgan fingerprint density at radius 3 is 2.53 bits per heavy atom. The molecule has 1 rings (SSSR count). The van der Waals surface area contributed by atoms with Crippen LogP contribution >= 0.6 is 0 Å². The Bertz CT molecular complexity index is 243. The largest absolute Gasteiger partial charge is 0.469 e. The van der Waals surface area contributed by atoms with E-state index in [-0.39, 0.29) is 11.9 Å². The van der Waals surface area contributed by atoms with Gasteiger partial charge in [0.05, 0.1) is 13.0 Å². The Balaban J connectivity index is 2.04. The molecular weight excluding hydrogens is 238 g/mol. The normalized spacial score (nSPS) is 20.4. The minimum atomic E-state index is -0.0238. The first-order chi connectivity index (χ1) is 9.27. The second-order valence-electron chi connectivity index (χ2n) is 5.78. The molecule has 3 nitrogen and oxygen atoms in total. The lowest BCUT2D eigenvalue weighted by Crippen LogP contribution is -2.39. The van der Waals surface area contributed by atoms with Crippen LogP contribution in [0.15, 0.2) is 0 Å². The number of carbonyl (C=O) groups is 1. The van der Waals surface area contributed by atoms with E-state index in [1.165, 1.54) is 52.1 Å². The predicted molar refractivity (Wildman–Crippen MR) is 79.2 cm³/mol. The summed E-state index contributed by atoms with van der Waals surface area (Å²) in [5.41, 5.74) is 0. The zero-order valence-electron chi connectivity index (χ0n) is 12.8. The van der Waals surface area contributed by atoms with Gasteiger partial charge in [0.1, 0.15) is 0 Å². The predicted octanol–water partition coefficient (Wildman–Crippen LogP) is 3.62. The number of likely N-dealkylation sites (tertiary alicyclic amines) is 1. The molecule has 0 aromatic rings. The molecule has 1 heterocycles. The smallest absolute Gasteiger partial charge is 0.309 e. The highest BCUT2D eigenvalue weighted by atomic mass is 16.5. The fraction of sp³-hybridized carbons (Fsp3) is 0.938. The number of unbranched alkanes of at least 4 members (excludes halogenated alkanes) is 6. The van der Waals surface area contributed by atoms with E-state index < -0.39 is 0 Å². The van der Waals surface area contributed by atoms with Gasteiger partial charge in [0.15, 0.2) is 0 Å². The van der Waals surface area contributed by atoms with Crippen molar-refractivity contribution in [3.63, 3.8) is 0 Å². The Morgan fingerprint density at radius 1 is 1.16 bits per heavy atom. The van der Waals surface area contributed by atoms with Gasteiger partial charge in [0.25, 0.3) is 0 Å². The first-order valence-electron chi connectivity index (χ1n) is 8.08. The number of carbonyl (C=O) groups excluding carboxylic acids is 1. The number of methoxy groups -OCH3 is 1. The molecule has 0 spiro atoms. The van der Waals surface area contributed by atoms with Crippen molar-refractivity contribution in [1.82, 2.24) is 4.90 Å². The molecule has 0 radical (unpaired) electrons. The van der Waals surface area contributed by atoms with Crippen LogP contribution in [0.25, 0.3) is 0 Å². The van der Waals surface area contributed by atoms with Gasteiger partial charge in [-0.1, -0.05) is 45.4 Å². The van der Waals surface area contributed by atoms with Crippen molar-refractivity contribution in [3.8, 4) is 0 Å². The zero-order chi connectivity index (χ0) is 13.9. The summed E-state index contributed by atoms with van der Waals surface area (Å²) in [6.45, 7) is 5.47. The van der Waals surface area contributed by atoms with E-state index in [0.29, 0.717) is 0 Å². The van der Waals surface area contributed by atoms with Crippen molar-refractivity contribution in [2.75, 3.05) is 26.7 Å². The fourth-order valence-electron chi connectivity index (χ4n) is 2.91. The molecule has 19 heavy (non-hydrogen) atoms. The summed E-state index contributed by atoms with van der Waals surface area (Å²) in [6, 6.07) is 0. The number of esters is 1. The van der Waals surface area contributed by atoms with Crippen LogP contribution in [0.3, 0.4) is 0 Å². The molecule has 0 aliphatic carbocycles. The molecule has 0 amide bonds. The quantitative estimate of drug-likeness (QED) is 0.473. The molecule has 1 fully saturated rings. The van der Waals surface area contributed by atoms with Crippen LogP contribution in [0, 0.1) is 5.92 Å². The molecule has 0 aromatic heterocycles. The van der Waals surface area contributed by atoms with E-state index in [2.05, 4.69) is 11.8 Å². The average Bonchev–Trinajstić information content (AvgIpc) is 2.46. The monoisotopic (exact) mass is 269 g/mol. The average molecular weight is 269 g/mol. The highest BCUT2D eigenvalue weighted by Gasteiger charge is 2.25. The zero-order valence-corrected chi connectivity index (χ0v) is 12.8. The first-order valence-corrected chi connectivity index (χ1v) is 8.08. The molecule has 1 saturated heterocycles. The van der Waals surface area contributed by atoms with Gasteiger partial charge >= 0.3 is 5.97 Å². The summed E-state index contributed by atoms with van der Waals surface area (Å²) >= 11 is 0. The number of hydrogen-bond acceptors (Lipinski definition) is 3. The summed E-state index contributed by atoms with van der Waals surface area (Å²) in [5.74, 6) is 0.0903. The lowest BCUT2D eigenvalue weighted by molar-refractivity contribution is -0.147. The minimum Gasteiger partial charge on any atom is -0.469 e. The third kappa shape index (κ3) is 6.95. The number of nitrogens with zero attached hydrogens (tertiary/aromatic N) is 1. The number of ether oxygens (including phenoxy) is 1. The van der Waals surface area contributed by atoms with Crippen LogP contribution in [0.1, 0.15) is 64.7 Å². The topological polar surface area (TPSA) is 29.5 Å². The van der Waals surface area contributed by atoms with Crippen molar-refractivity contribution < 1.29 is 9.53 Å². The Kier molecular flexibility index (Phi) is 8.89. The van der Waals surface area contributed by atoms with Crippen LogP contribution in [0.2, 0.25) is 0 Å². The van der Waals surface area contributed by atoms with Gasteiger partial charge < -0.3 is 9.64 Å². The first kappa shape index (κ1) is 16.5. The summed E-state index contributed by atoms with van der Waals surface area (Å²) in [4.78, 5) is 14.0. The lowest BCUT2D eigenvalue weighted by atomic mass is 9.98. The fourth-order valence-corrected chi connectivity index (χ4v) is 2.91. The standard InChI is InChI=1S/C16H31NO2/c1-3-4-5-6-7-8-9-12-17-13-10-11-15(14-17)16(18)19-2/h15H,3-14H2,1-2H3. The molecule has 1 aliphatic rings. The van der Waals surface area contributed by atoms with Crippen LogP contribution in [0.4, 0.5) is 0 Å². The second kappa shape index (κ2) is 10.2. The number of hydrogen-bond donors (Lipinski definition) is 0. The molecule has 1 unspecified atom stereocenters. The minimum absolute atomic E-state index is 0.0238. The van der Waals surface area contributed by atoms with Gasteiger partial charge in [-0.25, -0.2) is 0 Å². The molecule has 3 heteroatoms. The molecule has 1 aliphatic heterocycles. The molecular formula is C16H31NO2. The van der Waals surface area contributed by atoms with Crippen LogP contribution in [-0.4, -0.2) is 37.6 Å². The van der Waals surface area contributed by atoms with Gasteiger partial charge in [-0.05, 0) is 32.4 Å². The van der Waals surface area contributed by atoms with Gasteiger partial charge in [-0.2, -0.15) is 0 Å². The summed E-state index contributed by atoms with van der Waals surface area (Å²) in [6.07, 6.45) is 11.6. The van der Waals surface area contributed by atoms with E-state index in [1.54, 1.807) is 0 Å². The van der Waals surface area contributed by atoms with Crippen LogP contribution in [0.5, 0.6) is 0 Å². The third-order valence-corrected chi connectivity index (χ3v) is 4.12. The van der Waals surface area contributed by atoms with Crippen molar-refractivity contribution in [1.29, 1.82) is 0 Å². The summed E-state index contributed by atoms with van der Waals surface area (Å²) in [7, 11) is 1.50. The number of piperidine rings is 1.